The third-order valence-electron chi connectivity index (χ3n) is 15.9. The molecule has 0 aromatic rings. The zero-order chi connectivity index (χ0) is 69.4. The van der Waals surface area contributed by atoms with Crippen molar-refractivity contribution >= 4 is 71.0 Å². The number of esters is 1. The van der Waals surface area contributed by atoms with Crippen LogP contribution in [0.1, 0.15) is 149 Å². The predicted molar refractivity (Wildman–Crippen MR) is 339 cm³/mol. The van der Waals surface area contributed by atoms with Gasteiger partial charge in [-0.15, -0.1) is 0 Å². The molecule has 0 aliphatic carbocycles. The molecule has 26 heteroatoms. The fraction of sp³-hybridized carbons (Fsp3) is 0.778. The van der Waals surface area contributed by atoms with Gasteiger partial charge in [0.15, 0.2) is 0 Å². The molecule has 0 radical (unpaired) electrons. The summed E-state index contributed by atoms with van der Waals surface area (Å²) in [5.74, 6) is -10.1. The molecule has 0 spiro atoms. The minimum absolute atomic E-state index is 0.0786. The second-order valence-electron chi connectivity index (χ2n) is 26.2. The summed E-state index contributed by atoms with van der Waals surface area (Å²) in [7, 11) is 11.2. The van der Waals surface area contributed by atoms with Gasteiger partial charge in [-0.05, 0) is 101 Å². The van der Waals surface area contributed by atoms with Gasteiger partial charge >= 0.3 is 11.9 Å². The molecule has 0 rings (SSSR count). The number of allylic oxidation sites excluding steroid dienone is 1. The van der Waals surface area contributed by atoms with Gasteiger partial charge in [-0.2, -0.15) is 0 Å². The molecule has 510 valence electrons. The Kier molecular flexibility index (Phi) is 35.8. The smallest absolute Gasteiger partial charge is 0.330 e. The molecular formula is C63H113N11O15. The standard InChI is InChI=1S/C63H113N11O15/c1-25-43(67-57(81)51(64-17)53(77)40(14)27-26-28-49(76)89-24)59(83)69(18)33-48(75)70(19)44(29-34(2)3)56(80)68-50(38(10)11)62(86)71(20)45(30-35(4)5)55(79)65-41(15)54(78)66-42(16)58(82)72(21)46(31-36(6)7)60(84)73(22)47(32-37(8)9)61(85)74(23)52(39(12)13)63(87)88/h26,28,34-47,50-53,64,77H,25,27,29-33H2,1-24H3,(H,65,79)(H,66,78)(H,67,81)(H,68,80)(H,87,88)/b28-26+/t40-,41-,42-,43?,44+,45+,46+,47+,50+,51?,52+,53-/m1/s1. The number of rotatable bonds is 38. The lowest BCUT2D eigenvalue weighted by Crippen LogP contribution is -2.61. The molecule has 0 heterocycles. The maximum Gasteiger partial charge on any atom is 0.330 e. The van der Waals surface area contributed by atoms with Crippen molar-refractivity contribution in [2.45, 2.75) is 216 Å². The first-order chi connectivity index (χ1) is 41.1. The Morgan fingerprint density at radius 2 is 0.910 bits per heavy atom. The van der Waals surface area contributed by atoms with Gasteiger partial charge in [0.25, 0.3) is 0 Å². The third kappa shape index (κ3) is 25.6. The van der Waals surface area contributed by atoms with E-state index in [2.05, 4.69) is 31.3 Å². The van der Waals surface area contributed by atoms with Crippen LogP contribution in [-0.4, -0.2) is 240 Å². The molecule has 0 fully saturated rings. The minimum atomic E-state index is -1.25. The summed E-state index contributed by atoms with van der Waals surface area (Å²) in [5.41, 5.74) is 0. The Bertz CT molecular complexity index is 2420. The van der Waals surface area contributed by atoms with Crippen molar-refractivity contribution in [2.75, 3.05) is 63.0 Å². The Labute approximate surface area is 530 Å². The number of hydrogen-bond acceptors (Lipinski definition) is 15. The zero-order valence-electron chi connectivity index (χ0n) is 57.9. The molecule has 26 nitrogen and oxygen atoms in total. The highest BCUT2D eigenvalue weighted by Gasteiger charge is 2.42. The number of nitrogens with zero attached hydrogens (tertiary/aromatic N) is 6. The fourth-order valence-corrected chi connectivity index (χ4v) is 10.4. The summed E-state index contributed by atoms with van der Waals surface area (Å²) >= 11 is 0. The van der Waals surface area contributed by atoms with E-state index in [1.165, 1.54) is 102 Å². The van der Waals surface area contributed by atoms with E-state index in [4.69, 9.17) is 0 Å². The molecule has 0 bridgehead atoms. The normalized spacial score (nSPS) is 15.8. The van der Waals surface area contributed by atoms with Gasteiger partial charge in [-0.25, -0.2) is 9.59 Å². The van der Waals surface area contributed by atoms with Crippen molar-refractivity contribution in [1.29, 1.82) is 0 Å². The van der Waals surface area contributed by atoms with Crippen molar-refractivity contribution in [3.05, 3.63) is 12.2 Å². The number of hydrogen-bond donors (Lipinski definition) is 7. The second kappa shape index (κ2) is 38.8. The van der Waals surface area contributed by atoms with Crippen molar-refractivity contribution in [1.82, 2.24) is 56.0 Å². The molecule has 7 N–H and O–H groups in total. The van der Waals surface area contributed by atoms with Crippen LogP contribution in [0.3, 0.4) is 0 Å². The van der Waals surface area contributed by atoms with E-state index in [0.717, 1.165) is 9.80 Å². The van der Waals surface area contributed by atoms with Crippen LogP contribution in [0.15, 0.2) is 12.2 Å². The lowest BCUT2D eigenvalue weighted by atomic mass is 9.94. The summed E-state index contributed by atoms with van der Waals surface area (Å²) in [6.45, 7) is 27.3. The van der Waals surface area contributed by atoms with Crippen molar-refractivity contribution in [3.8, 4) is 0 Å². The highest BCUT2D eigenvalue weighted by atomic mass is 16.5. The van der Waals surface area contributed by atoms with Gasteiger partial charge in [0.1, 0.15) is 60.4 Å². The van der Waals surface area contributed by atoms with Crippen molar-refractivity contribution < 1.29 is 72.5 Å². The summed E-state index contributed by atoms with van der Waals surface area (Å²) in [4.78, 5) is 172. The molecule has 89 heavy (non-hydrogen) atoms. The topological polar surface area (TPSA) is 334 Å². The van der Waals surface area contributed by atoms with Gasteiger partial charge in [-0.3, -0.25) is 47.9 Å². The number of carboxylic acids is 1. The quantitative estimate of drug-likeness (QED) is 0.0344. The Morgan fingerprint density at radius 3 is 1.34 bits per heavy atom. The van der Waals surface area contributed by atoms with Crippen LogP contribution in [0, 0.1) is 41.4 Å². The second-order valence-corrected chi connectivity index (χ2v) is 26.2. The molecule has 0 aromatic carbocycles. The fourth-order valence-electron chi connectivity index (χ4n) is 10.4. The molecule has 0 aromatic heterocycles. The highest BCUT2D eigenvalue weighted by molar-refractivity contribution is 5.98. The van der Waals surface area contributed by atoms with Crippen molar-refractivity contribution in [2.24, 2.45) is 41.4 Å². The van der Waals surface area contributed by atoms with E-state index >= 15 is 0 Å². The van der Waals surface area contributed by atoms with E-state index in [1.807, 2.05) is 55.4 Å². The van der Waals surface area contributed by atoms with Crippen LogP contribution in [0.5, 0.6) is 0 Å². The van der Waals surface area contributed by atoms with E-state index in [-0.39, 0.29) is 62.2 Å². The van der Waals surface area contributed by atoms with Crippen LogP contribution < -0.4 is 26.6 Å². The van der Waals surface area contributed by atoms with E-state index in [1.54, 1.807) is 41.5 Å². The zero-order valence-corrected chi connectivity index (χ0v) is 57.9. The number of carbonyl (C=O) groups excluding carboxylic acids is 11. The Morgan fingerprint density at radius 1 is 0.483 bits per heavy atom. The number of likely N-dealkylation sites (N-methyl/N-ethyl adjacent to an activating group) is 7. The number of aliphatic hydroxyl groups is 1. The lowest BCUT2D eigenvalue weighted by molar-refractivity contribution is -0.157. The van der Waals surface area contributed by atoms with Crippen LogP contribution in [0.2, 0.25) is 0 Å². The summed E-state index contributed by atoms with van der Waals surface area (Å²) in [6.07, 6.45) is 2.57. The van der Waals surface area contributed by atoms with E-state index in [9.17, 15) is 67.7 Å². The van der Waals surface area contributed by atoms with E-state index < -0.39 is 162 Å². The molecule has 0 saturated heterocycles. The maximum absolute atomic E-state index is 14.6. The SMILES string of the molecule is CCC(NC(=O)C(NC)[C@H](O)[C@H](C)C/C=C/C(=O)OC)C(=O)N(C)CC(=O)N(C)[C@@H](CC(C)C)C(=O)N[C@H](C(=O)N(C)[C@@H](CC(C)C)C(=O)N[C@H](C)C(=O)N[C@H](C)C(=O)N(C)[C@@H](CC(C)C)C(=O)N(C)[C@@H](CC(C)C)C(=O)N(C)[C@H](C(=O)O)C(C)C)C(C)C. The third-order valence-corrected chi connectivity index (χ3v) is 15.9. The summed E-state index contributed by atoms with van der Waals surface area (Å²) in [6, 6.07) is -11.5. The van der Waals surface area contributed by atoms with Crippen LogP contribution >= 0.6 is 0 Å². The van der Waals surface area contributed by atoms with Crippen LogP contribution in [-0.2, 0) is 62.3 Å². The van der Waals surface area contributed by atoms with Gasteiger partial charge in [-0.1, -0.05) is 103 Å². The average molecular weight is 1260 g/mol. The van der Waals surface area contributed by atoms with Crippen LogP contribution in [0.25, 0.3) is 0 Å². The van der Waals surface area contributed by atoms with Gasteiger partial charge < -0.3 is 70.9 Å². The predicted octanol–water partition coefficient (Wildman–Crippen LogP) is 2.25. The average Bonchev–Trinajstić information content (AvgIpc) is 1.11. The number of aliphatic hydroxyl groups excluding tert-OH is 1. The number of carbonyl (C=O) groups is 12. The number of ether oxygens (including phenoxy) is 1. The number of aliphatic carboxylic acids is 1. The first-order valence-electron chi connectivity index (χ1n) is 31.2. The number of carboxylic acid groups (broad SMARTS) is 1. The first kappa shape index (κ1) is 82.3. The molecule has 0 aliphatic rings. The lowest BCUT2D eigenvalue weighted by Gasteiger charge is -2.39. The monoisotopic (exact) mass is 1260 g/mol. The largest absolute Gasteiger partial charge is 0.480 e. The van der Waals surface area contributed by atoms with Gasteiger partial charge in [0.2, 0.25) is 59.1 Å². The molecule has 12 atom stereocenters. The molecule has 0 aliphatic heterocycles. The molecule has 2 unspecified atom stereocenters. The van der Waals surface area contributed by atoms with E-state index in [0.29, 0.717) is 0 Å². The molecular weight excluding hydrogens is 1150 g/mol. The highest BCUT2D eigenvalue weighted by Crippen LogP contribution is 2.23. The summed E-state index contributed by atoms with van der Waals surface area (Å²) in [5, 5.41) is 34.6. The first-order valence-corrected chi connectivity index (χ1v) is 31.2. The Hall–Kier alpha value is -6.70. The minimum Gasteiger partial charge on any atom is -0.480 e. The maximum atomic E-state index is 14.6. The van der Waals surface area contributed by atoms with Crippen LogP contribution in [0.4, 0.5) is 0 Å². The summed E-state index contributed by atoms with van der Waals surface area (Å²) < 4.78 is 4.59. The van der Waals surface area contributed by atoms with Crippen molar-refractivity contribution in [3.63, 3.8) is 0 Å². The molecule has 0 saturated carbocycles. The number of methoxy groups -OCH3 is 1. The van der Waals surface area contributed by atoms with Gasteiger partial charge in [0.05, 0.1) is 19.8 Å². The van der Waals surface area contributed by atoms with Gasteiger partial charge in [0, 0.05) is 48.4 Å². The number of amides is 10. The number of nitrogens with one attached hydrogen (secondary N) is 5. The molecule has 10 amide bonds. The Balaban J connectivity index is 6.49.